The lowest BCUT2D eigenvalue weighted by atomic mass is 10.4. The predicted octanol–water partition coefficient (Wildman–Crippen LogP) is -0.330. The van der Waals surface area contributed by atoms with Crippen molar-refractivity contribution in [3.63, 3.8) is 0 Å². The van der Waals surface area contributed by atoms with Gasteiger partial charge in [-0.3, -0.25) is 14.9 Å². The van der Waals surface area contributed by atoms with Gasteiger partial charge in [-0.25, -0.2) is 4.79 Å². The Morgan fingerprint density at radius 1 is 1.32 bits per heavy atom. The normalized spacial score (nSPS) is 9.89. The number of aliphatic carboxylic acids is 1. The minimum atomic E-state index is -0.955. The molecule has 4 N–H and O–H groups in total. The largest absolute Gasteiger partial charge is 0.481 e. The average molecular weight is 269 g/mol. The van der Waals surface area contributed by atoms with Crippen LogP contribution in [0.1, 0.15) is 12.2 Å². The maximum atomic E-state index is 11.3. The molecule has 0 radical (unpaired) electrons. The third kappa shape index (κ3) is 6.84. The molecular formula is C11H15N3O5. The summed E-state index contributed by atoms with van der Waals surface area (Å²) in [7, 11) is 0. The summed E-state index contributed by atoms with van der Waals surface area (Å²) in [5.41, 5.74) is 0. The van der Waals surface area contributed by atoms with E-state index in [0.717, 1.165) is 0 Å². The first-order valence-electron chi connectivity index (χ1n) is 5.60. The lowest BCUT2D eigenvalue weighted by molar-refractivity contribution is -0.137. The van der Waals surface area contributed by atoms with Crippen molar-refractivity contribution in [1.82, 2.24) is 16.0 Å². The number of carboxylic acid groups (broad SMARTS) is 1. The number of nitrogens with one attached hydrogen (secondary N) is 3. The summed E-state index contributed by atoms with van der Waals surface area (Å²) in [6.07, 6.45) is 1.39. The summed E-state index contributed by atoms with van der Waals surface area (Å²) in [4.78, 5) is 32.7. The first-order chi connectivity index (χ1) is 9.08. The van der Waals surface area contributed by atoms with Crippen LogP contribution in [-0.4, -0.2) is 36.1 Å². The number of amides is 3. The van der Waals surface area contributed by atoms with Crippen LogP contribution in [0.4, 0.5) is 4.79 Å². The Morgan fingerprint density at radius 3 is 2.74 bits per heavy atom. The van der Waals surface area contributed by atoms with Crippen molar-refractivity contribution in [2.45, 2.75) is 13.0 Å². The summed E-state index contributed by atoms with van der Waals surface area (Å²) < 4.78 is 5.00. The van der Waals surface area contributed by atoms with Crippen LogP contribution in [0.25, 0.3) is 0 Å². The first kappa shape index (κ1) is 14.7. The second-order valence-electron chi connectivity index (χ2n) is 3.63. The van der Waals surface area contributed by atoms with E-state index in [1.54, 1.807) is 12.1 Å². The van der Waals surface area contributed by atoms with Gasteiger partial charge in [0.25, 0.3) is 0 Å². The van der Waals surface area contributed by atoms with Gasteiger partial charge in [0.05, 0.1) is 25.8 Å². The van der Waals surface area contributed by atoms with E-state index in [4.69, 9.17) is 9.52 Å². The lowest BCUT2D eigenvalue weighted by Crippen LogP contribution is -2.43. The molecule has 8 heteroatoms. The highest BCUT2D eigenvalue weighted by atomic mass is 16.4. The topological polar surface area (TPSA) is 121 Å². The van der Waals surface area contributed by atoms with Gasteiger partial charge in [0.2, 0.25) is 5.91 Å². The summed E-state index contributed by atoms with van der Waals surface area (Å²) in [6.45, 7) is 0.219. The number of hydrogen-bond acceptors (Lipinski definition) is 5. The molecule has 0 saturated heterocycles. The first-order valence-corrected chi connectivity index (χ1v) is 5.60. The van der Waals surface area contributed by atoms with E-state index in [1.807, 2.05) is 0 Å². The van der Waals surface area contributed by atoms with Crippen LogP contribution in [0.2, 0.25) is 0 Å². The summed E-state index contributed by atoms with van der Waals surface area (Å²) >= 11 is 0. The minimum Gasteiger partial charge on any atom is -0.481 e. The molecule has 0 aliphatic heterocycles. The maximum Gasteiger partial charge on any atom is 0.321 e. The number of imide groups is 1. The summed E-state index contributed by atoms with van der Waals surface area (Å²) in [5, 5.41) is 15.5. The van der Waals surface area contributed by atoms with Gasteiger partial charge in [-0.05, 0) is 12.1 Å². The number of carboxylic acids is 1. The van der Waals surface area contributed by atoms with Crippen LogP contribution < -0.4 is 16.0 Å². The van der Waals surface area contributed by atoms with Crippen LogP contribution >= 0.6 is 0 Å². The van der Waals surface area contributed by atoms with Gasteiger partial charge in [0.1, 0.15) is 5.76 Å². The molecule has 0 bridgehead atoms. The minimum absolute atomic E-state index is 0.0853. The molecule has 0 unspecified atom stereocenters. The van der Waals surface area contributed by atoms with Crippen LogP contribution in [-0.2, 0) is 16.1 Å². The Morgan fingerprint density at radius 2 is 2.11 bits per heavy atom. The fourth-order valence-electron chi connectivity index (χ4n) is 1.19. The van der Waals surface area contributed by atoms with Crippen molar-refractivity contribution in [2.24, 2.45) is 0 Å². The standard InChI is InChI=1S/C11H15N3O5/c15-9(7-12-4-3-10(16)17)14-11(18)13-6-8-2-1-5-19-8/h1-2,5,12H,3-4,6-7H2,(H,16,17)(H2,13,14,15,18). The van der Waals surface area contributed by atoms with E-state index in [2.05, 4.69) is 16.0 Å². The van der Waals surface area contributed by atoms with Crippen molar-refractivity contribution in [3.05, 3.63) is 24.2 Å². The van der Waals surface area contributed by atoms with Gasteiger partial charge < -0.3 is 20.2 Å². The van der Waals surface area contributed by atoms with E-state index in [0.29, 0.717) is 5.76 Å². The molecule has 1 rings (SSSR count). The number of carbonyl (C=O) groups is 3. The van der Waals surface area contributed by atoms with Crippen molar-refractivity contribution in [3.8, 4) is 0 Å². The fraction of sp³-hybridized carbons (Fsp3) is 0.364. The van der Waals surface area contributed by atoms with Crippen LogP contribution in [0.5, 0.6) is 0 Å². The Balaban J connectivity index is 2.10. The van der Waals surface area contributed by atoms with E-state index >= 15 is 0 Å². The fourth-order valence-corrected chi connectivity index (χ4v) is 1.19. The number of furan rings is 1. The third-order valence-electron chi connectivity index (χ3n) is 2.06. The van der Waals surface area contributed by atoms with E-state index in [-0.39, 0.29) is 26.1 Å². The molecule has 8 nitrogen and oxygen atoms in total. The summed E-state index contributed by atoms with van der Waals surface area (Å²) in [5.74, 6) is -0.923. The Labute approximate surface area is 109 Å². The maximum absolute atomic E-state index is 11.3. The van der Waals surface area contributed by atoms with Gasteiger partial charge in [-0.15, -0.1) is 0 Å². The van der Waals surface area contributed by atoms with Crippen LogP contribution in [0.15, 0.2) is 22.8 Å². The van der Waals surface area contributed by atoms with Gasteiger partial charge in [-0.1, -0.05) is 0 Å². The van der Waals surface area contributed by atoms with Gasteiger partial charge in [0, 0.05) is 6.54 Å². The lowest BCUT2D eigenvalue weighted by Gasteiger charge is -2.06. The molecule has 1 aromatic heterocycles. The van der Waals surface area contributed by atoms with Crippen molar-refractivity contribution >= 4 is 17.9 Å². The van der Waals surface area contributed by atoms with Crippen molar-refractivity contribution < 1.29 is 23.9 Å². The quantitative estimate of drug-likeness (QED) is 0.503. The number of urea groups is 1. The Hall–Kier alpha value is -2.35. The predicted molar refractivity (Wildman–Crippen MR) is 64.2 cm³/mol. The molecular weight excluding hydrogens is 254 g/mol. The van der Waals surface area contributed by atoms with Crippen LogP contribution in [0.3, 0.4) is 0 Å². The number of hydrogen-bond donors (Lipinski definition) is 4. The van der Waals surface area contributed by atoms with Gasteiger partial charge in [0.15, 0.2) is 0 Å². The van der Waals surface area contributed by atoms with Crippen molar-refractivity contribution in [2.75, 3.05) is 13.1 Å². The highest BCUT2D eigenvalue weighted by Gasteiger charge is 2.07. The monoisotopic (exact) mass is 269 g/mol. The molecule has 1 aromatic rings. The molecule has 0 fully saturated rings. The molecule has 1 heterocycles. The van der Waals surface area contributed by atoms with E-state index < -0.39 is 17.9 Å². The average Bonchev–Trinajstić information content (AvgIpc) is 2.85. The second kappa shape index (κ2) is 7.88. The summed E-state index contributed by atoms with van der Waals surface area (Å²) in [6, 6.07) is 2.74. The molecule has 104 valence electrons. The molecule has 0 aliphatic carbocycles. The molecule has 3 amide bonds. The SMILES string of the molecule is O=C(O)CCNCC(=O)NC(=O)NCc1ccco1. The van der Waals surface area contributed by atoms with Crippen molar-refractivity contribution in [1.29, 1.82) is 0 Å². The second-order valence-corrected chi connectivity index (χ2v) is 3.63. The highest BCUT2D eigenvalue weighted by Crippen LogP contribution is 1.97. The van der Waals surface area contributed by atoms with Gasteiger partial charge >= 0.3 is 12.0 Å². The zero-order valence-corrected chi connectivity index (χ0v) is 10.1. The Bertz CT molecular complexity index is 430. The zero-order valence-electron chi connectivity index (χ0n) is 10.1. The molecule has 0 aromatic carbocycles. The number of carbonyl (C=O) groups excluding carboxylic acids is 2. The smallest absolute Gasteiger partial charge is 0.321 e. The molecule has 19 heavy (non-hydrogen) atoms. The van der Waals surface area contributed by atoms with E-state index in [1.165, 1.54) is 6.26 Å². The zero-order chi connectivity index (χ0) is 14.1. The van der Waals surface area contributed by atoms with E-state index in [9.17, 15) is 14.4 Å². The van der Waals surface area contributed by atoms with Gasteiger partial charge in [-0.2, -0.15) is 0 Å². The molecule has 0 saturated carbocycles. The third-order valence-corrected chi connectivity index (χ3v) is 2.06. The Kier molecular flexibility index (Phi) is 6.10. The molecule has 0 aliphatic rings. The molecule has 0 spiro atoms. The van der Waals surface area contributed by atoms with Crippen LogP contribution in [0, 0.1) is 0 Å². The number of rotatable bonds is 7. The highest BCUT2D eigenvalue weighted by molar-refractivity contribution is 5.95. The molecule has 0 atom stereocenters.